The number of carboxylic acid groups (broad SMARTS) is 1. The van der Waals surface area contributed by atoms with Crippen molar-refractivity contribution in [3.8, 4) is 11.3 Å². The zero-order chi connectivity index (χ0) is 26.6. The third-order valence-electron chi connectivity index (χ3n) is 5.14. The number of carbonyl (C=O) groups excluding carboxylic acids is 1. The van der Waals surface area contributed by atoms with Crippen molar-refractivity contribution in [3.05, 3.63) is 70.7 Å². The minimum Gasteiger partial charge on any atom is -0.475 e. The number of benzene rings is 1. The quantitative estimate of drug-likeness (QED) is 0.451. The SMILES string of the molecule is CN(C)c1cc(F)c(C=Cc2cc(-c3cc4c([nH]3)CCNC4=O)ccn2)c(F)c1.O=C(O)C(F)(F)F. The van der Waals surface area contributed by atoms with Gasteiger partial charge in [0.2, 0.25) is 0 Å². The number of nitrogens with zero attached hydrogens (tertiary/aromatic N) is 2. The minimum absolute atomic E-state index is 0.0879. The van der Waals surface area contributed by atoms with Crippen LogP contribution in [-0.2, 0) is 11.2 Å². The van der Waals surface area contributed by atoms with Gasteiger partial charge in [-0.1, -0.05) is 0 Å². The highest BCUT2D eigenvalue weighted by molar-refractivity contribution is 5.97. The summed E-state index contributed by atoms with van der Waals surface area (Å²) in [6, 6.07) is 8.02. The number of nitrogens with one attached hydrogen (secondary N) is 2. The van der Waals surface area contributed by atoms with Crippen molar-refractivity contribution in [2.24, 2.45) is 0 Å². The number of aromatic nitrogens is 2. The Balaban J connectivity index is 0.000000454. The third kappa shape index (κ3) is 6.26. The fourth-order valence-electron chi connectivity index (χ4n) is 3.31. The molecule has 0 atom stereocenters. The van der Waals surface area contributed by atoms with Crippen LogP contribution < -0.4 is 10.2 Å². The minimum atomic E-state index is -5.08. The maximum atomic E-state index is 14.3. The zero-order valence-corrected chi connectivity index (χ0v) is 19.1. The fourth-order valence-corrected chi connectivity index (χ4v) is 3.31. The first-order valence-electron chi connectivity index (χ1n) is 10.5. The number of H-pyrrole nitrogens is 1. The van der Waals surface area contributed by atoms with Crippen molar-refractivity contribution in [1.29, 1.82) is 0 Å². The smallest absolute Gasteiger partial charge is 0.475 e. The van der Waals surface area contributed by atoms with E-state index >= 15 is 0 Å². The van der Waals surface area contributed by atoms with E-state index < -0.39 is 23.8 Å². The maximum Gasteiger partial charge on any atom is 0.490 e. The lowest BCUT2D eigenvalue weighted by Gasteiger charge is -2.13. The molecule has 0 fully saturated rings. The Labute approximate surface area is 202 Å². The molecule has 3 N–H and O–H groups in total. The summed E-state index contributed by atoms with van der Waals surface area (Å²) in [7, 11) is 3.45. The molecule has 1 aliphatic rings. The second-order valence-corrected chi connectivity index (χ2v) is 7.90. The largest absolute Gasteiger partial charge is 0.490 e. The number of halogens is 5. The number of rotatable bonds is 4. The van der Waals surface area contributed by atoms with Crippen LogP contribution in [0.5, 0.6) is 0 Å². The molecule has 3 aromatic rings. The van der Waals surface area contributed by atoms with E-state index in [9.17, 15) is 26.7 Å². The highest BCUT2D eigenvalue weighted by atomic mass is 19.4. The summed E-state index contributed by atoms with van der Waals surface area (Å²) < 4.78 is 60.3. The summed E-state index contributed by atoms with van der Waals surface area (Å²) >= 11 is 0. The molecule has 36 heavy (non-hydrogen) atoms. The molecule has 1 aliphatic heterocycles. The van der Waals surface area contributed by atoms with Gasteiger partial charge in [-0.05, 0) is 42.5 Å². The van der Waals surface area contributed by atoms with Crippen LogP contribution >= 0.6 is 0 Å². The monoisotopic (exact) mass is 508 g/mol. The molecule has 7 nitrogen and oxygen atoms in total. The number of aliphatic carboxylic acids is 1. The summed E-state index contributed by atoms with van der Waals surface area (Å²) in [5.41, 5.74) is 4.08. The van der Waals surface area contributed by atoms with E-state index in [1.807, 2.05) is 12.1 Å². The number of fused-ring (bicyclic) bond motifs is 1. The molecule has 190 valence electrons. The second-order valence-electron chi connectivity index (χ2n) is 7.90. The molecule has 1 aromatic carbocycles. The first kappa shape index (κ1) is 26.4. The Bertz CT molecular complexity index is 1290. The standard InChI is InChI=1S/C22H20F2N4O.C2HF3O2/c1-28(2)15-10-18(23)16(19(24)11-15)4-3-14-9-13(5-7-25-14)21-12-17-20(27-21)6-8-26-22(17)29;3-2(4,5)1(6)7/h3-5,7,9-12,27H,6,8H2,1-2H3,(H,26,29);(H,6,7). The Morgan fingerprint density at radius 1 is 1.11 bits per heavy atom. The van der Waals surface area contributed by atoms with Gasteiger partial charge in [-0.3, -0.25) is 9.78 Å². The summed E-state index contributed by atoms with van der Waals surface area (Å²) in [6.07, 6.45) is 0.233. The molecule has 0 saturated heterocycles. The van der Waals surface area contributed by atoms with E-state index in [-0.39, 0.29) is 11.5 Å². The first-order chi connectivity index (χ1) is 16.9. The summed E-state index contributed by atoms with van der Waals surface area (Å²) in [6.45, 7) is 0.611. The molecule has 0 aliphatic carbocycles. The summed E-state index contributed by atoms with van der Waals surface area (Å²) in [5.74, 6) is -4.11. The Morgan fingerprint density at radius 3 is 2.31 bits per heavy atom. The summed E-state index contributed by atoms with van der Waals surface area (Å²) in [5, 5.41) is 9.94. The van der Waals surface area contributed by atoms with E-state index in [0.717, 1.165) is 23.4 Å². The number of amides is 1. The molecular formula is C24H21F5N4O3. The van der Waals surface area contributed by atoms with Crippen molar-refractivity contribution in [2.45, 2.75) is 12.6 Å². The van der Waals surface area contributed by atoms with Crippen LogP contribution in [0.1, 0.15) is 27.3 Å². The lowest BCUT2D eigenvalue weighted by Crippen LogP contribution is -2.31. The van der Waals surface area contributed by atoms with Gasteiger partial charge in [-0.2, -0.15) is 13.2 Å². The lowest BCUT2D eigenvalue weighted by molar-refractivity contribution is -0.192. The van der Waals surface area contributed by atoms with Gasteiger partial charge in [0.15, 0.2) is 0 Å². The van der Waals surface area contributed by atoms with E-state index in [0.29, 0.717) is 23.5 Å². The molecular weight excluding hydrogens is 487 g/mol. The Hall–Kier alpha value is -4.22. The van der Waals surface area contributed by atoms with Crippen molar-refractivity contribution in [1.82, 2.24) is 15.3 Å². The van der Waals surface area contributed by atoms with Gasteiger partial charge in [0.1, 0.15) is 11.6 Å². The predicted octanol–water partition coefficient (Wildman–Crippen LogP) is 4.51. The number of hydrogen-bond acceptors (Lipinski definition) is 4. The fraction of sp³-hybridized carbons (Fsp3) is 0.208. The van der Waals surface area contributed by atoms with Crippen LogP contribution in [0.25, 0.3) is 23.4 Å². The topological polar surface area (TPSA) is 98.3 Å². The van der Waals surface area contributed by atoms with Crippen LogP contribution in [0, 0.1) is 11.6 Å². The van der Waals surface area contributed by atoms with Gasteiger partial charge in [-0.25, -0.2) is 13.6 Å². The number of pyridine rings is 1. The molecule has 4 rings (SSSR count). The molecule has 2 aromatic heterocycles. The highest BCUT2D eigenvalue weighted by Crippen LogP contribution is 2.26. The van der Waals surface area contributed by atoms with Gasteiger partial charge in [0, 0.05) is 61.5 Å². The Morgan fingerprint density at radius 2 is 1.75 bits per heavy atom. The van der Waals surface area contributed by atoms with Crippen molar-refractivity contribution < 1.29 is 36.6 Å². The van der Waals surface area contributed by atoms with Crippen molar-refractivity contribution >= 4 is 29.7 Å². The van der Waals surface area contributed by atoms with Gasteiger partial charge in [0.05, 0.1) is 11.3 Å². The molecule has 3 heterocycles. The first-order valence-corrected chi connectivity index (χ1v) is 10.5. The third-order valence-corrected chi connectivity index (χ3v) is 5.14. The number of carbonyl (C=O) groups is 2. The van der Waals surface area contributed by atoms with E-state index in [4.69, 9.17) is 9.90 Å². The van der Waals surface area contributed by atoms with Gasteiger partial charge < -0.3 is 20.3 Å². The molecule has 0 bridgehead atoms. The van der Waals surface area contributed by atoms with Gasteiger partial charge >= 0.3 is 12.1 Å². The van der Waals surface area contributed by atoms with Crippen molar-refractivity contribution in [3.63, 3.8) is 0 Å². The van der Waals surface area contributed by atoms with Crippen LogP contribution in [-0.4, -0.2) is 53.8 Å². The number of aromatic amines is 1. The van der Waals surface area contributed by atoms with Crippen LogP contribution in [0.4, 0.5) is 27.6 Å². The lowest BCUT2D eigenvalue weighted by atomic mass is 10.1. The number of carboxylic acids is 1. The normalized spacial score (nSPS) is 13.0. The van der Waals surface area contributed by atoms with Crippen molar-refractivity contribution in [2.75, 3.05) is 25.5 Å². The molecule has 12 heteroatoms. The second kappa shape index (κ2) is 10.6. The molecule has 0 unspecified atom stereocenters. The van der Waals surface area contributed by atoms with Crippen LogP contribution in [0.3, 0.4) is 0 Å². The predicted molar refractivity (Wildman–Crippen MR) is 123 cm³/mol. The number of hydrogen-bond donors (Lipinski definition) is 3. The molecule has 0 radical (unpaired) electrons. The number of alkyl halides is 3. The Kier molecular flexibility index (Phi) is 7.76. The van der Waals surface area contributed by atoms with E-state index in [1.165, 1.54) is 18.2 Å². The maximum absolute atomic E-state index is 14.3. The average Bonchev–Trinajstić information content (AvgIpc) is 3.24. The number of anilines is 1. The average molecular weight is 508 g/mol. The molecule has 0 saturated carbocycles. The van der Waals surface area contributed by atoms with Crippen LogP contribution in [0.15, 0.2) is 36.5 Å². The molecule has 1 amide bonds. The highest BCUT2D eigenvalue weighted by Gasteiger charge is 2.38. The van der Waals surface area contributed by atoms with Crippen LogP contribution in [0.2, 0.25) is 0 Å². The van der Waals surface area contributed by atoms with E-state index in [1.54, 1.807) is 37.3 Å². The van der Waals surface area contributed by atoms with Gasteiger partial charge in [0.25, 0.3) is 5.91 Å². The molecule has 0 spiro atoms. The zero-order valence-electron chi connectivity index (χ0n) is 19.1. The summed E-state index contributed by atoms with van der Waals surface area (Å²) in [4.78, 5) is 30.0. The van der Waals surface area contributed by atoms with E-state index in [2.05, 4.69) is 15.3 Å². The van der Waals surface area contributed by atoms with Gasteiger partial charge in [-0.15, -0.1) is 0 Å².